The first-order valence-electron chi connectivity index (χ1n) is 21.0. The van der Waals surface area contributed by atoms with Crippen molar-refractivity contribution < 1.29 is 80.5 Å². The number of rotatable bonds is 23. The fourth-order valence-electron chi connectivity index (χ4n) is 8.76. The van der Waals surface area contributed by atoms with Gasteiger partial charge >= 0.3 is 5.97 Å². The molecule has 0 spiro atoms. The molecule has 0 radical (unpaired) electrons. The lowest BCUT2D eigenvalue weighted by atomic mass is 9.77. The largest absolute Gasteiger partial charge is 0.344 e. The first-order valence-corrected chi connectivity index (χ1v) is 27.3. The first kappa shape index (κ1) is 52.3. The van der Waals surface area contributed by atoms with Crippen LogP contribution in [0, 0.1) is 5.92 Å². The predicted octanol–water partition coefficient (Wildman–Crippen LogP) is 4.10. The van der Waals surface area contributed by atoms with Gasteiger partial charge in [-0.1, -0.05) is 37.1 Å². The average Bonchev–Trinajstić information content (AvgIpc) is 3.71. The monoisotopic (exact) mass is 1000 g/mol. The summed E-state index contributed by atoms with van der Waals surface area (Å²) >= 11 is 0. The molecule has 0 aliphatic carbocycles. The molecule has 2 atom stereocenters. The Morgan fingerprint density at radius 3 is 2.06 bits per heavy atom. The molecular weight excluding hydrogens is 947 g/mol. The Hall–Kier alpha value is -4.69. The molecule has 2 unspecified atom stereocenters. The minimum atomic E-state index is -4.80. The highest BCUT2D eigenvalue weighted by atomic mass is 32.2. The van der Waals surface area contributed by atoms with Gasteiger partial charge < -0.3 is 9.74 Å². The number of para-hydroxylation sites is 1. The van der Waals surface area contributed by atoms with E-state index in [2.05, 4.69) is 0 Å². The van der Waals surface area contributed by atoms with Crippen LogP contribution >= 0.6 is 0 Å². The van der Waals surface area contributed by atoms with Crippen molar-refractivity contribution in [1.82, 2.24) is 5.06 Å². The van der Waals surface area contributed by atoms with Gasteiger partial charge in [-0.3, -0.25) is 32.6 Å². The number of unbranched alkanes of at least 4 members (excludes halogenated alkanes) is 2. The summed E-state index contributed by atoms with van der Waals surface area (Å²) in [7, 11) is -18.1. The molecule has 2 amide bonds. The molecule has 1 saturated heterocycles. The molecule has 2 aromatic carbocycles. The first-order chi connectivity index (χ1) is 30.5. The number of hydrogen-bond acceptors (Lipinski definition) is 14. The van der Waals surface area contributed by atoms with Gasteiger partial charge in [-0.15, -0.1) is 5.06 Å². The molecule has 3 aliphatic rings. The maximum absolute atomic E-state index is 13.1. The van der Waals surface area contributed by atoms with Crippen LogP contribution in [-0.2, 0) is 75.3 Å². The Kier molecular flexibility index (Phi) is 16.1. The Balaban J connectivity index is 1.44. The van der Waals surface area contributed by atoms with Crippen LogP contribution in [0.4, 0.5) is 11.4 Å². The van der Waals surface area contributed by atoms with E-state index in [0.717, 1.165) is 17.0 Å². The fraction of sp³-hybridized carbons (Fsp3) is 0.500. The van der Waals surface area contributed by atoms with Gasteiger partial charge in [0.2, 0.25) is 5.69 Å². The third-order valence-corrected chi connectivity index (χ3v) is 15.2. The Morgan fingerprint density at radius 1 is 0.803 bits per heavy atom. The zero-order chi connectivity index (χ0) is 49.0. The number of amides is 2. The van der Waals surface area contributed by atoms with Crippen LogP contribution in [0.1, 0.15) is 96.1 Å². The van der Waals surface area contributed by atoms with E-state index in [-0.39, 0.29) is 56.7 Å². The lowest BCUT2D eigenvalue weighted by Crippen LogP contribution is -2.37. The summed E-state index contributed by atoms with van der Waals surface area (Å²) in [6, 6.07) is 11.6. The maximum Gasteiger partial charge on any atom is 0.337 e. The van der Waals surface area contributed by atoms with Gasteiger partial charge in [0.15, 0.2) is 5.71 Å². The molecule has 3 heterocycles. The van der Waals surface area contributed by atoms with Gasteiger partial charge in [0.1, 0.15) is 12.3 Å². The van der Waals surface area contributed by atoms with Crippen molar-refractivity contribution in [1.29, 1.82) is 0 Å². The van der Waals surface area contributed by atoms with Crippen molar-refractivity contribution in [3.8, 4) is 0 Å². The minimum absolute atomic E-state index is 0.0459. The number of carbonyl (C=O) groups is 4. The maximum atomic E-state index is 13.1. The highest BCUT2D eigenvalue weighted by Crippen LogP contribution is 2.51. The molecule has 20 nitrogen and oxygen atoms in total. The molecular formula is C42H54N3O17S4+. The molecule has 24 heteroatoms. The smallest absolute Gasteiger partial charge is 0.337 e. The fourth-order valence-corrected chi connectivity index (χ4v) is 11.0. The highest BCUT2D eigenvalue weighted by Gasteiger charge is 2.46. The van der Waals surface area contributed by atoms with Crippen molar-refractivity contribution in [3.63, 3.8) is 0 Å². The Bertz CT molecular complexity index is 2800. The number of fused-ring (bicyclic) bond motifs is 2. The molecule has 5 rings (SSSR count). The summed E-state index contributed by atoms with van der Waals surface area (Å²) < 4.78 is 136. The summed E-state index contributed by atoms with van der Waals surface area (Å²) in [5, 5.41) is 0.206. The van der Waals surface area contributed by atoms with Crippen molar-refractivity contribution in [3.05, 3.63) is 77.5 Å². The highest BCUT2D eigenvalue weighted by molar-refractivity contribution is 7.86. The number of hydrogen-bond donors (Lipinski definition) is 4. The van der Waals surface area contributed by atoms with E-state index in [9.17, 15) is 71.1 Å². The lowest BCUT2D eigenvalue weighted by Gasteiger charge is -2.30. The van der Waals surface area contributed by atoms with Gasteiger partial charge in [-0.05, 0) is 69.9 Å². The number of nitrogens with zero attached hydrogens (tertiary/aromatic N) is 3. The van der Waals surface area contributed by atoms with Gasteiger partial charge in [-0.2, -0.15) is 38.2 Å². The number of Topliss-reactive ketones (excluding diaryl/α,β-unsaturated/α-hetero) is 1. The molecule has 0 saturated carbocycles. The molecule has 3 aliphatic heterocycles. The van der Waals surface area contributed by atoms with Crippen LogP contribution in [0.15, 0.2) is 71.3 Å². The van der Waals surface area contributed by atoms with E-state index in [4.69, 9.17) is 4.84 Å². The zero-order valence-corrected chi connectivity index (χ0v) is 39.8. The van der Waals surface area contributed by atoms with Crippen LogP contribution in [-0.4, -0.2) is 121 Å². The SMILES string of the molecule is CC1(C)C(/C=C/C=C2/N(CCCS(=O)(=O)O)c3ccc(S(=O)(=O)O)cc3C2(C)CCCCCC(=O)CC(CS(=O)(=O)O)C(=O)ON2C(=O)CCC2=O)=[N+](CCCS(=O)(=O)O)c2ccccc21. The van der Waals surface area contributed by atoms with Crippen molar-refractivity contribution in [2.45, 2.75) is 101 Å². The number of benzene rings is 2. The van der Waals surface area contributed by atoms with Crippen LogP contribution in [0.5, 0.6) is 0 Å². The quantitative estimate of drug-likeness (QED) is 0.0527. The third-order valence-electron chi connectivity index (χ3n) is 11.9. The second-order valence-electron chi connectivity index (χ2n) is 17.2. The van der Waals surface area contributed by atoms with E-state index in [1.165, 1.54) is 18.2 Å². The van der Waals surface area contributed by atoms with Crippen molar-refractivity contribution in [2.75, 3.05) is 35.2 Å². The van der Waals surface area contributed by atoms with Crippen LogP contribution < -0.4 is 4.90 Å². The minimum Gasteiger partial charge on any atom is -0.344 e. The zero-order valence-electron chi connectivity index (χ0n) is 36.5. The van der Waals surface area contributed by atoms with Crippen LogP contribution in [0.3, 0.4) is 0 Å². The molecule has 66 heavy (non-hydrogen) atoms. The van der Waals surface area contributed by atoms with E-state index < -0.39 is 109 Å². The summed E-state index contributed by atoms with van der Waals surface area (Å²) in [6.07, 6.45) is 5.44. The van der Waals surface area contributed by atoms with Gasteiger partial charge in [0.25, 0.3) is 52.3 Å². The molecule has 0 aromatic heterocycles. The Morgan fingerprint density at radius 2 is 1.44 bits per heavy atom. The second kappa shape index (κ2) is 20.3. The number of carbonyl (C=O) groups excluding carboxylic acids is 4. The number of hydroxylamine groups is 2. The number of anilines is 1. The number of ketones is 1. The van der Waals surface area contributed by atoms with Gasteiger partial charge in [0, 0.05) is 73.2 Å². The van der Waals surface area contributed by atoms with Crippen molar-refractivity contribution >= 4 is 81.1 Å². The topological polar surface area (TPSA) is 304 Å². The van der Waals surface area contributed by atoms with Gasteiger partial charge in [-0.25, -0.2) is 4.79 Å². The van der Waals surface area contributed by atoms with Gasteiger partial charge in [0.05, 0.1) is 33.5 Å². The number of allylic oxidation sites excluding steroid dienone is 4. The average molecular weight is 1000 g/mol. The molecule has 4 N–H and O–H groups in total. The summed E-state index contributed by atoms with van der Waals surface area (Å²) in [6.45, 7) is 6.12. The molecule has 362 valence electrons. The normalized spacial score (nSPS) is 19.8. The lowest BCUT2D eigenvalue weighted by molar-refractivity contribution is -0.437. The van der Waals surface area contributed by atoms with Crippen LogP contribution in [0.2, 0.25) is 0 Å². The van der Waals surface area contributed by atoms with E-state index in [1.54, 1.807) is 17.1 Å². The second-order valence-corrected chi connectivity index (χ2v) is 23.3. The van der Waals surface area contributed by atoms with Crippen molar-refractivity contribution in [2.24, 2.45) is 5.92 Å². The molecule has 0 bridgehead atoms. The molecule has 1 fully saturated rings. The molecule has 2 aromatic rings. The summed E-state index contributed by atoms with van der Waals surface area (Å²) in [5.74, 6) is -7.56. The third kappa shape index (κ3) is 13.0. The summed E-state index contributed by atoms with van der Waals surface area (Å²) in [5.41, 5.74) is 2.53. The predicted molar refractivity (Wildman–Crippen MR) is 239 cm³/mol. The van der Waals surface area contributed by atoms with E-state index >= 15 is 0 Å². The van der Waals surface area contributed by atoms with Crippen LogP contribution in [0.25, 0.3) is 0 Å². The van der Waals surface area contributed by atoms with E-state index in [1.807, 2.05) is 55.7 Å². The standard InChI is InChI=1S/C42H53N3O17S4/c1-41(2)32-13-6-7-14-34(32)43(22-10-24-63(50,51)52)36(41)15-9-16-37-42(3,33-27-31(66(59,60)61)17-18-35(33)44(37)23-11-25-64(53,54)55)21-8-4-5-12-30(46)26-29(28-65(56,57)58)40(49)62-45-38(47)19-20-39(45)48/h6-7,9,13-18,27,29H,4-5,8,10-12,19-26,28H2,1-3H3,(H3-,50,51,52,53,54,55,56,57,58,59,60,61)/p+1. The summed E-state index contributed by atoms with van der Waals surface area (Å²) in [4.78, 5) is 56.0. The van der Waals surface area contributed by atoms with E-state index in [0.29, 0.717) is 36.2 Å². The number of imide groups is 1. The Labute approximate surface area is 384 Å².